The number of carbonyl (C=O) groups is 1. The first kappa shape index (κ1) is 10.9. The quantitative estimate of drug-likeness (QED) is 0.718. The third kappa shape index (κ3) is 2.51. The zero-order valence-corrected chi connectivity index (χ0v) is 9.13. The molecule has 0 radical (unpaired) electrons. The van der Waals surface area contributed by atoms with Crippen LogP contribution in [0.3, 0.4) is 0 Å². The Morgan fingerprint density at radius 1 is 1.19 bits per heavy atom. The van der Waals surface area contributed by atoms with Crippen molar-refractivity contribution >= 4 is 5.97 Å². The highest BCUT2D eigenvalue weighted by molar-refractivity contribution is 5.68. The van der Waals surface area contributed by atoms with Crippen LogP contribution in [-0.2, 0) is 11.2 Å². The zero-order chi connectivity index (χ0) is 11.4. The second-order valence-electron chi connectivity index (χ2n) is 4.32. The van der Waals surface area contributed by atoms with Crippen molar-refractivity contribution < 1.29 is 9.90 Å². The molecule has 2 rings (SSSR count). The first-order valence-electron chi connectivity index (χ1n) is 5.67. The van der Waals surface area contributed by atoms with Gasteiger partial charge in [-0.25, -0.2) is 0 Å². The molecule has 16 heavy (non-hydrogen) atoms. The predicted octanol–water partition coefficient (Wildman–Crippen LogP) is 1.56. The molecule has 1 aliphatic carbocycles. The molecule has 0 N–H and O–H groups in total. The van der Waals surface area contributed by atoms with Crippen LogP contribution in [-0.4, -0.2) is 5.97 Å². The minimum Gasteiger partial charge on any atom is -0.550 e. The molecule has 1 aromatic rings. The highest BCUT2D eigenvalue weighted by Crippen LogP contribution is 2.28. The lowest BCUT2D eigenvalue weighted by Crippen LogP contribution is -2.37. The van der Waals surface area contributed by atoms with Gasteiger partial charge in [0.15, 0.2) is 0 Å². The van der Waals surface area contributed by atoms with Gasteiger partial charge in [-0.1, -0.05) is 42.5 Å². The van der Waals surface area contributed by atoms with E-state index < -0.39 is 5.97 Å². The van der Waals surface area contributed by atoms with Crippen molar-refractivity contribution in [3.05, 3.63) is 48.0 Å². The molecule has 1 aromatic carbocycles. The Hall–Kier alpha value is -1.57. The normalized spacial score (nSPS) is 24.2. The van der Waals surface area contributed by atoms with Crippen LogP contribution in [0.1, 0.15) is 18.4 Å². The minimum atomic E-state index is -0.912. The SMILES string of the molecule is O=C([O-])C1CC=CCC1Cc1ccccc1. The molecule has 0 saturated heterocycles. The molecule has 0 spiro atoms. The van der Waals surface area contributed by atoms with E-state index in [4.69, 9.17) is 0 Å². The molecule has 0 aliphatic heterocycles. The Balaban J connectivity index is 2.08. The first-order chi connectivity index (χ1) is 7.77. The van der Waals surface area contributed by atoms with Gasteiger partial charge in [-0.15, -0.1) is 0 Å². The molecule has 0 fully saturated rings. The number of rotatable bonds is 3. The van der Waals surface area contributed by atoms with Crippen molar-refractivity contribution in [3.63, 3.8) is 0 Å². The Morgan fingerprint density at radius 2 is 1.88 bits per heavy atom. The molecule has 1 aliphatic rings. The number of carboxylic acid groups (broad SMARTS) is 1. The largest absolute Gasteiger partial charge is 0.550 e. The highest BCUT2D eigenvalue weighted by Gasteiger charge is 2.23. The topological polar surface area (TPSA) is 40.1 Å². The first-order valence-corrected chi connectivity index (χ1v) is 5.67. The second kappa shape index (κ2) is 4.97. The van der Waals surface area contributed by atoms with Crippen LogP contribution in [0.25, 0.3) is 0 Å². The lowest BCUT2D eigenvalue weighted by Gasteiger charge is -2.29. The van der Waals surface area contributed by atoms with Gasteiger partial charge in [-0.3, -0.25) is 0 Å². The summed E-state index contributed by atoms with van der Waals surface area (Å²) in [5.74, 6) is -1.06. The summed E-state index contributed by atoms with van der Waals surface area (Å²) >= 11 is 0. The lowest BCUT2D eigenvalue weighted by atomic mass is 9.79. The van der Waals surface area contributed by atoms with Crippen LogP contribution >= 0.6 is 0 Å². The summed E-state index contributed by atoms with van der Waals surface area (Å²) in [4.78, 5) is 11.0. The van der Waals surface area contributed by atoms with Gasteiger partial charge >= 0.3 is 0 Å². The number of allylic oxidation sites excluding steroid dienone is 2. The molecular weight excluding hydrogens is 200 g/mol. The van der Waals surface area contributed by atoms with E-state index in [0.717, 1.165) is 12.8 Å². The summed E-state index contributed by atoms with van der Waals surface area (Å²) in [6, 6.07) is 10.0. The summed E-state index contributed by atoms with van der Waals surface area (Å²) in [5.41, 5.74) is 1.20. The Kier molecular flexibility index (Phi) is 3.40. The maximum absolute atomic E-state index is 11.0. The number of carboxylic acids is 1. The van der Waals surface area contributed by atoms with Crippen LogP contribution in [0, 0.1) is 11.8 Å². The van der Waals surface area contributed by atoms with E-state index in [0.29, 0.717) is 6.42 Å². The van der Waals surface area contributed by atoms with E-state index in [-0.39, 0.29) is 11.8 Å². The van der Waals surface area contributed by atoms with Gasteiger partial charge in [-0.05, 0) is 30.7 Å². The van der Waals surface area contributed by atoms with E-state index >= 15 is 0 Å². The fourth-order valence-corrected chi connectivity index (χ4v) is 2.30. The molecule has 0 saturated carbocycles. The van der Waals surface area contributed by atoms with Crippen molar-refractivity contribution in [2.45, 2.75) is 19.3 Å². The van der Waals surface area contributed by atoms with Gasteiger partial charge in [0, 0.05) is 11.9 Å². The van der Waals surface area contributed by atoms with E-state index in [9.17, 15) is 9.90 Å². The average molecular weight is 215 g/mol. The summed E-state index contributed by atoms with van der Waals surface area (Å²) in [6.45, 7) is 0. The molecule has 0 aromatic heterocycles. The highest BCUT2D eigenvalue weighted by atomic mass is 16.4. The smallest absolute Gasteiger partial charge is 0.0451 e. The number of benzene rings is 1. The fraction of sp³-hybridized carbons (Fsp3) is 0.357. The fourth-order valence-electron chi connectivity index (χ4n) is 2.30. The second-order valence-corrected chi connectivity index (χ2v) is 4.32. The predicted molar refractivity (Wildman–Crippen MR) is 60.5 cm³/mol. The molecule has 0 heterocycles. The average Bonchev–Trinajstić information content (AvgIpc) is 2.31. The van der Waals surface area contributed by atoms with E-state index in [2.05, 4.69) is 6.08 Å². The van der Waals surface area contributed by atoms with Crippen molar-refractivity contribution in [3.8, 4) is 0 Å². The maximum atomic E-state index is 11.0. The van der Waals surface area contributed by atoms with Crippen LogP contribution in [0.15, 0.2) is 42.5 Å². The molecule has 0 amide bonds. The molecule has 2 unspecified atom stereocenters. The third-order valence-electron chi connectivity index (χ3n) is 3.21. The van der Waals surface area contributed by atoms with Gasteiger partial charge in [0.1, 0.15) is 0 Å². The summed E-state index contributed by atoms with van der Waals surface area (Å²) < 4.78 is 0. The zero-order valence-electron chi connectivity index (χ0n) is 9.13. The number of hydrogen-bond acceptors (Lipinski definition) is 2. The summed E-state index contributed by atoms with van der Waals surface area (Å²) in [5, 5.41) is 11.0. The van der Waals surface area contributed by atoms with Crippen LogP contribution in [0.4, 0.5) is 0 Å². The molecule has 2 atom stereocenters. The van der Waals surface area contributed by atoms with Crippen molar-refractivity contribution in [1.82, 2.24) is 0 Å². The van der Waals surface area contributed by atoms with Gasteiger partial charge in [0.2, 0.25) is 0 Å². The molecule has 84 valence electrons. The van der Waals surface area contributed by atoms with Gasteiger partial charge < -0.3 is 9.90 Å². The number of aliphatic carboxylic acids is 1. The Labute approximate surface area is 95.6 Å². The monoisotopic (exact) mass is 215 g/mol. The van der Waals surface area contributed by atoms with E-state index in [1.165, 1.54) is 5.56 Å². The number of carbonyl (C=O) groups excluding carboxylic acids is 1. The Morgan fingerprint density at radius 3 is 2.56 bits per heavy atom. The van der Waals surface area contributed by atoms with Crippen LogP contribution < -0.4 is 5.11 Å². The van der Waals surface area contributed by atoms with Gasteiger partial charge in [0.25, 0.3) is 0 Å². The molecule has 2 nitrogen and oxygen atoms in total. The molecular formula is C14H15O2-. The minimum absolute atomic E-state index is 0.178. The van der Waals surface area contributed by atoms with Crippen molar-refractivity contribution in [1.29, 1.82) is 0 Å². The summed E-state index contributed by atoms with van der Waals surface area (Å²) in [7, 11) is 0. The van der Waals surface area contributed by atoms with E-state index in [1.807, 2.05) is 36.4 Å². The summed E-state index contributed by atoms with van der Waals surface area (Å²) in [6.07, 6.45) is 6.30. The Bertz CT molecular complexity index is 381. The van der Waals surface area contributed by atoms with Crippen molar-refractivity contribution in [2.75, 3.05) is 0 Å². The molecule has 0 bridgehead atoms. The van der Waals surface area contributed by atoms with Gasteiger partial charge in [-0.2, -0.15) is 0 Å². The number of hydrogen-bond donors (Lipinski definition) is 0. The standard InChI is InChI=1S/C14H16O2/c15-14(16)13-9-5-4-8-12(13)10-11-6-2-1-3-7-11/h1-7,12-13H,8-10H2,(H,15,16)/p-1. The van der Waals surface area contributed by atoms with Crippen molar-refractivity contribution in [2.24, 2.45) is 11.8 Å². The maximum Gasteiger partial charge on any atom is 0.0451 e. The van der Waals surface area contributed by atoms with Gasteiger partial charge in [0.05, 0.1) is 0 Å². The van der Waals surface area contributed by atoms with E-state index in [1.54, 1.807) is 0 Å². The third-order valence-corrected chi connectivity index (χ3v) is 3.21. The van der Waals surface area contributed by atoms with Crippen LogP contribution in [0.2, 0.25) is 0 Å². The lowest BCUT2D eigenvalue weighted by molar-refractivity contribution is -0.313. The molecule has 2 heteroatoms. The van der Waals surface area contributed by atoms with Crippen LogP contribution in [0.5, 0.6) is 0 Å².